The number of nitrogens with one attached hydrogen (secondary N) is 2. The molecule has 0 radical (unpaired) electrons. The van der Waals surface area contributed by atoms with Gasteiger partial charge in [-0.15, -0.1) is 0 Å². The number of para-hydroxylation sites is 2. The number of amides is 2. The molecule has 2 rings (SSSR count). The average Bonchev–Trinajstić information content (AvgIpc) is 2.55. The first-order valence-corrected chi connectivity index (χ1v) is 7.61. The van der Waals surface area contributed by atoms with E-state index >= 15 is 0 Å². The second-order valence-electron chi connectivity index (χ2n) is 5.49. The minimum Gasteiger partial charge on any atom is -0.396 e. The Labute approximate surface area is 136 Å². The molecular formula is C18H23N3O2. The highest BCUT2D eigenvalue weighted by molar-refractivity contribution is 5.93. The number of carbonyl (C=O) groups is 1. The van der Waals surface area contributed by atoms with Crippen LogP contribution in [0.1, 0.15) is 18.0 Å². The highest BCUT2D eigenvalue weighted by atomic mass is 16.3. The molecule has 0 saturated carbocycles. The molecule has 0 aliphatic carbocycles. The predicted octanol–water partition coefficient (Wildman–Crippen LogP) is 3.00. The Morgan fingerprint density at radius 1 is 1.09 bits per heavy atom. The van der Waals surface area contributed by atoms with Gasteiger partial charge in [0.1, 0.15) is 0 Å². The highest BCUT2D eigenvalue weighted by Gasteiger charge is 2.15. The molecule has 0 aliphatic heterocycles. The third-order valence-electron chi connectivity index (χ3n) is 3.56. The zero-order chi connectivity index (χ0) is 16.7. The lowest BCUT2D eigenvalue weighted by Crippen LogP contribution is -2.33. The van der Waals surface area contributed by atoms with Crippen molar-refractivity contribution in [1.29, 1.82) is 0 Å². The van der Waals surface area contributed by atoms with Crippen molar-refractivity contribution in [3.63, 3.8) is 0 Å². The van der Waals surface area contributed by atoms with Gasteiger partial charge in [0.15, 0.2) is 0 Å². The van der Waals surface area contributed by atoms with Crippen LogP contribution in [0, 0.1) is 0 Å². The van der Waals surface area contributed by atoms with Crippen LogP contribution in [-0.2, 0) is 0 Å². The van der Waals surface area contributed by atoms with Crippen molar-refractivity contribution in [2.75, 3.05) is 30.9 Å². The Hall–Kier alpha value is -2.53. The summed E-state index contributed by atoms with van der Waals surface area (Å²) >= 11 is 0. The van der Waals surface area contributed by atoms with Crippen LogP contribution in [0.4, 0.5) is 16.2 Å². The molecule has 0 aromatic heterocycles. The van der Waals surface area contributed by atoms with Gasteiger partial charge in [-0.25, -0.2) is 4.79 Å². The molecule has 0 bridgehead atoms. The van der Waals surface area contributed by atoms with E-state index < -0.39 is 0 Å². The lowest BCUT2D eigenvalue weighted by atomic mass is 10.0. The zero-order valence-corrected chi connectivity index (χ0v) is 13.5. The second kappa shape index (κ2) is 8.19. The average molecular weight is 313 g/mol. The molecule has 2 aromatic rings. The highest BCUT2D eigenvalue weighted by Crippen LogP contribution is 2.24. The molecule has 2 amide bonds. The Morgan fingerprint density at radius 3 is 2.39 bits per heavy atom. The Kier molecular flexibility index (Phi) is 6.00. The van der Waals surface area contributed by atoms with Crippen LogP contribution in [0.25, 0.3) is 0 Å². The maximum atomic E-state index is 12.3. The number of benzene rings is 2. The summed E-state index contributed by atoms with van der Waals surface area (Å²) < 4.78 is 0. The van der Waals surface area contributed by atoms with Gasteiger partial charge in [-0.3, -0.25) is 0 Å². The Morgan fingerprint density at radius 2 is 1.74 bits per heavy atom. The van der Waals surface area contributed by atoms with Crippen molar-refractivity contribution in [3.8, 4) is 0 Å². The molecule has 0 spiro atoms. The molecule has 5 nitrogen and oxygen atoms in total. The van der Waals surface area contributed by atoms with Gasteiger partial charge in [-0.2, -0.15) is 0 Å². The Bertz CT molecular complexity index is 629. The summed E-state index contributed by atoms with van der Waals surface area (Å²) in [6.45, 7) is 0.00806. The molecule has 0 saturated heterocycles. The van der Waals surface area contributed by atoms with E-state index in [1.54, 1.807) is 0 Å². The molecule has 1 atom stereocenters. The first-order chi connectivity index (χ1) is 11.1. The molecule has 3 N–H and O–H groups in total. The van der Waals surface area contributed by atoms with Crippen LogP contribution in [0.5, 0.6) is 0 Å². The molecule has 23 heavy (non-hydrogen) atoms. The van der Waals surface area contributed by atoms with E-state index in [9.17, 15) is 9.90 Å². The lowest BCUT2D eigenvalue weighted by Gasteiger charge is -2.21. The van der Waals surface area contributed by atoms with Crippen LogP contribution in [0.3, 0.4) is 0 Å². The third-order valence-corrected chi connectivity index (χ3v) is 3.56. The van der Waals surface area contributed by atoms with Crippen molar-refractivity contribution >= 4 is 17.4 Å². The maximum absolute atomic E-state index is 12.3. The van der Waals surface area contributed by atoms with Gasteiger partial charge < -0.3 is 20.6 Å². The van der Waals surface area contributed by atoms with E-state index in [2.05, 4.69) is 10.6 Å². The van der Waals surface area contributed by atoms with E-state index in [4.69, 9.17) is 0 Å². The number of anilines is 2. The minimum atomic E-state index is -0.290. The molecular weight excluding hydrogens is 290 g/mol. The molecule has 0 heterocycles. The monoisotopic (exact) mass is 313 g/mol. The predicted molar refractivity (Wildman–Crippen MR) is 93.8 cm³/mol. The first kappa shape index (κ1) is 16.8. The third kappa shape index (κ3) is 4.72. The number of carbonyl (C=O) groups excluding carboxylic acids is 1. The van der Waals surface area contributed by atoms with Crippen molar-refractivity contribution in [2.45, 2.75) is 12.5 Å². The van der Waals surface area contributed by atoms with E-state index in [1.165, 1.54) is 0 Å². The molecule has 0 unspecified atom stereocenters. The number of urea groups is 1. The van der Waals surface area contributed by atoms with Gasteiger partial charge in [0.2, 0.25) is 0 Å². The fraction of sp³-hybridized carbons (Fsp3) is 0.278. The van der Waals surface area contributed by atoms with Gasteiger partial charge in [-0.05, 0) is 24.1 Å². The van der Waals surface area contributed by atoms with E-state index in [0.29, 0.717) is 6.42 Å². The van der Waals surface area contributed by atoms with Crippen LogP contribution >= 0.6 is 0 Å². The van der Waals surface area contributed by atoms with Crippen LogP contribution in [-0.4, -0.2) is 31.8 Å². The fourth-order valence-electron chi connectivity index (χ4n) is 2.42. The summed E-state index contributed by atoms with van der Waals surface area (Å²) in [5, 5.41) is 15.0. The zero-order valence-electron chi connectivity index (χ0n) is 13.5. The number of aliphatic hydroxyl groups excluding tert-OH is 1. The molecule has 5 heteroatoms. The van der Waals surface area contributed by atoms with Crippen LogP contribution in [0.15, 0.2) is 54.6 Å². The number of hydrogen-bond donors (Lipinski definition) is 3. The van der Waals surface area contributed by atoms with Gasteiger partial charge in [0.05, 0.1) is 17.4 Å². The lowest BCUT2D eigenvalue weighted by molar-refractivity contribution is 0.239. The van der Waals surface area contributed by atoms with E-state index in [-0.39, 0.29) is 18.7 Å². The Balaban J connectivity index is 2.08. The van der Waals surface area contributed by atoms with Crippen LogP contribution < -0.4 is 15.5 Å². The fourth-order valence-corrected chi connectivity index (χ4v) is 2.42. The number of nitrogens with zero attached hydrogens (tertiary/aromatic N) is 1. The number of aliphatic hydroxyl groups is 1. The summed E-state index contributed by atoms with van der Waals surface area (Å²) in [6.07, 6.45) is 0.465. The topological polar surface area (TPSA) is 64.6 Å². The molecule has 0 fully saturated rings. The second-order valence-corrected chi connectivity index (χ2v) is 5.49. The minimum absolute atomic E-state index is 0.00806. The van der Waals surface area contributed by atoms with Crippen molar-refractivity contribution in [3.05, 3.63) is 60.2 Å². The van der Waals surface area contributed by atoms with Crippen molar-refractivity contribution in [2.24, 2.45) is 0 Å². The van der Waals surface area contributed by atoms with Crippen molar-refractivity contribution in [1.82, 2.24) is 5.32 Å². The molecule has 2 aromatic carbocycles. The van der Waals surface area contributed by atoms with Gasteiger partial charge in [0, 0.05) is 20.7 Å². The molecule has 0 aliphatic rings. The number of hydrogen-bond acceptors (Lipinski definition) is 3. The first-order valence-electron chi connectivity index (χ1n) is 7.61. The summed E-state index contributed by atoms with van der Waals surface area (Å²) in [6, 6.07) is 16.7. The summed E-state index contributed by atoms with van der Waals surface area (Å²) in [4.78, 5) is 14.3. The summed E-state index contributed by atoms with van der Waals surface area (Å²) in [5.41, 5.74) is 2.64. The summed E-state index contributed by atoms with van der Waals surface area (Å²) in [7, 11) is 3.86. The summed E-state index contributed by atoms with van der Waals surface area (Å²) in [5.74, 6) is 0. The smallest absolute Gasteiger partial charge is 0.319 e. The van der Waals surface area contributed by atoms with Gasteiger partial charge >= 0.3 is 6.03 Å². The van der Waals surface area contributed by atoms with Crippen LogP contribution in [0.2, 0.25) is 0 Å². The van der Waals surface area contributed by atoms with Crippen molar-refractivity contribution < 1.29 is 9.90 Å². The maximum Gasteiger partial charge on any atom is 0.319 e. The van der Waals surface area contributed by atoms with E-state index in [1.807, 2.05) is 73.6 Å². The normalized spacial score (nSPS) is 11.6. The quantitative estimate of drug-likeness (QED) is 0.768. The standard InChI is InChI=1S/C18H23N3O2/c1-21(2)17-11-7-6-10-16(17)20-18(23)19-15(12-13-22)14-8-4-3-5-9-14/h3-11,15,22H,12-13H2,1-2H3,(H2,19,20,23)/t15-/m1/s1. The SMILES string of the molecule is CN(C)c1ccccc1NC(=O)N[C@H](CCO)c1ccccc1. The van der Waals surface area contributed by atoms with Gasteiger partial charge in [-0.1, -0.05) is 42.5 Å². The van der Waals surface area contributed by atoms with E-state index in [0.717, 1.165) is 16.9 Å². The number of rotatable bonds is 6. The largest absolute Gasteiger partial charge is 0.396 e. The molecule has 122 valence electrons. The van der Waals surface area contributed by atoms with Gasteiger partial charge in [0.25, 0.3) is 0 Å².